The molecule has 1 aromatic carbocycles. The van der Waals surface area contributed by atoms with Crippen LogP contribution in [-0.2, 0) is 11.2 Å². The molecule has 0 aliphatic carbocycles. The molecule has 2 aliphatic heterocycles. The van der Waals surface area contributed by atoms with Gasteiger partial charge in [-0.05, 0) is 29.7 Å². The van der Waals surface area contributed by atoms with E-state index in [1.54, 1.807) is 19.1 Å². The number of hydrogen-bond donors (Lipinski definition) is 0. The number of amides is 1. The molecular formula is C13H15NO4. The minimum Gasteiger partial charge on any atom is -0.493 e. The van der Waals surface area contributed by atoms with E-state index in [1.165, 1.54) is 5.56 Å². The standard InChI is InChI=1S/C13H15NO4/c1-16-11-5-8-3-4-14-10(7-18-13(14)15)9(8)6-12(11)17-2/h5-6,10H,3-4,7H2,1-2H3/t10-/m0/s1. The fourth-order valence-electron chi connectivity index (χ4n) is 2.66. The zero-order chi connectivity index (χ0) is 12.7. The molecule has 0 N–H and O–H groups in total. The quantitative estimate of drug-likeness (QED) is 0.801. The van der Waals surface area contributed by atoms with Crippen LogP contribution in [0.25, 0.3) is 0 Å². The molecule has 2 heterocycles. The fourth-order valence-corrected chi connectivity index (χ4v) is 2.66. The molecule has 1 atom stereocenters. The van der Waals surface area contributed by atoms with Crippen LogP contribution in [0.5, 0.6) is 11.5 Å². The summed E-state index contributed by atoms with van der Waals surface area (Å²) in [6.45, 7) is 1.12. The monoisotopic (exact) mass is 249 g/mol. The van der Waals surface area contributed by atoms with E-state index >= 15 is 0 Å². The molecule has 1 aromatic rings. The Hall–Kier alpha value is -1.91. The fraction of sp³-hybridized carbons (Fsp3) is 0.462. The van der Waals surface area contributed by atoms with Gasteiger partial charge in [0.15, 0.2) is 11.5 Å². The van der Waals surface area contributed by atoms with Gasteiger partial charge in [0.1, 0.15) is 6.61 Å². The Morgan fingerprint density at radius 3 is 2.72 bits per heavy atom. The summed E-state index contributed by atoms with van der Waals surface area (Å²) in [7, 11) is 3.24. The summed E-state index contributed by atoms with van der Waals surface area (Å²) in [4.78, 5) is 13.3. The Labute approximate surface area is 105 Å². The highest BCUT2D eigenvalue weighted by Crippen LogP contribution is 2.40. The van der Waals surface area contributed by atoms with Crippen LogP contribution in [0.2, 0.25) is 0 Å². The van der Waals surface area contributed by atoms with Crippen molar-refractivity contribution in [3.05, 3.63) is 23.3 Å². The number of methoxy groups -OCH3 is 2. The lowest BCUT2D eigenvalue weighted by molar-refractivity contribution is 0.157. The van der Waals surface area contributed by atoms with Gasteiger partial charge in [-0.3, -0.25) is 4.90 Å². The summed E-state index contributed by atoms with van der Waals surface area (Å²) in [5.74, 6) is 1.42. The SMILES string of the molecule is COc1cc2c(cc1OC)[C@@H]1COC(=O)N1CC2. The summed E-state index contributed by atoms with van der Waals surface area (Å²) in [6, 6.07) is 3.96. The lowest BCUT2D eigenvalue weighted by Gasteiger charge is -2.29. The van der Waals surface area contributed by atoms with E-state index < -0.39 is 0 Å². The largest absolute Gasteiger partial charge is 0.493 e. The number of cyclic esters (lactones) is 1. The van der Waals surface area contributed by atoms with Crippen LogP contribution in [0, 0.1) is 0 Å². The summed E-state index contributed by atoms with van der Waals surface area (Å²) in [6.07, 6.45) is 0.599. The number of rotatable bonds is 2. The first kappa shape index (κ1) is 11.2. The number of nitrogens with zero attached hydrogens (tertiary/aromatic N) is 1. The molecular weight excluding hydrogens is 234 g/mol. The zero-order valence-electron chi connectivity index (χ0n) is 10.4. The first-order valence-corrected chi connectivity index (χ1v) is 5.92. The third-order valence-electron chi connectivity index (χ3n) is 3.60. The predicted molar refractivity (Wildman–Crippen MR) is 64.0 cm³/mol. The average Bonchev–Trinajstić information content (AvgIpc) is 2.79. The third kappa shape index (κ3) is 1.50. The van der Waals surface area contributed by atoms with Crippen LogP contribution in [0.4, 0.5) is 4.79 Å². The van der Waals surface area contributed by atoms with E-state index in [-0.39, 0.29) is 12.1 Å². The average molecular weight is 249 g/mol. The Kier molecular flexibility index (Phi) is 2.54. The van der Waals surface area contributed by atoms with E-state index in [0.717, 1.165) is 17.7 Å². The maximum absolute atomic E-state index is 11.5. The molecule has 2 aliphatic rings. The third-order valence-corrected chi connectivity index (χ3v) is 3.60. The van der Waals surface area contributed by atoms with Crippen molar-refractivity contribution in [2.45, 2.75) is 12.5 Å². The molecule has 0 aromatic heterocycles. The molecule has 5 heteroatoms. The molecule has 0 spiro atoms. The highest BCUT2D eigenvalue weighted by molar-refractivity contribution is 5.71. The first-order chi connectivity index (χ1) is 8.74. The summed E-state index contributed by atoms with van der Waals surface area (Å²) in [5.41, 5.74) is 2.30. The van der Waals surface area contributed by atoms with Crippen molar-refractivity contribution in [1.29, 1.82) is 0 Å². The van der Waals surface area contributed by atoms with Crippen molar-refractivity contribution in [3.63, 3.8) is 0 Å². The molecule has 1 amide bonds. The van der Waals surface area contributed by atoms with E-state index in [2.05, 4.69) is 0 Å². The minimum absolute atomic E-state index is 0.0149. The van der Waals surface area contributed by atoms with Crippen LogP contribution in [0.1, 0.15) is 17.2 Å². The molecule has 1 saturated heterocycles. The number of hydrogen-bond acceptors (Lipinski definition) is 4. The van der Waals surface area contributed by atoms with Gasteiger partial charge in [0.2, 0.25) is 0 Å². The molecule has 5 nitrogen and oxygen atoms in total. The van der Waals surface area contributed by atoms with Gasteiger partial charge in [-0.2, -0.15) is 0 Å². The summed E-state index contributed by atoms with van der Waals surface area (Å²) < 4.78 is 15.7. The molecule has 0 saturated carbocycles. The van der Waals surface area contributed by atoms with E-state index in [9.17, 15) is 4.79 Å². The molecule has 96 valence electrons. The van der Waals surface area contributed by atoms with Crippen molar-refractivity contribution in [3.8, 4) is 11.5 Å². The number of carbonyl (C=O) groups is 1. The van der Waals surface area contributed by atoms with E-state index in [4.69, 9.17) is 14.2 Å². The van der Waals surface area contributed by atoms with Gasteiger partial charge in [0.05, 0.1) is 20.3 Å². The second-order valence-electron chi connectivity index (χ2n) is 4.44. The second-order valence-corrected chi connectivity index (χ2v) is 4.44. The maximum atomic E-state index is 11.5. The van der Waals surface area contributed by atoms with Gasteiger partial charge in [-0.15, -0.1) is 0 Å². The molecule has 18 heavy (non-hydrogen) atoms. The lowest BCUT2D eigenvalue weighted by Crippen LogP contribution is -2.34. The van der Waals surface area contributed by atoms with Crippen molar-refractivity contribution in [2.75, 3.05) is 27.4 Å². The topological polar surface area (TPSA) is 48.0 Å². The minimum atomic E-state index is -0.222. The predicted octanol–water partition coefficient (Wildman–Crippen LogP) is 1.75. The number of ether oxygens (including phenoxy) is 3. The smallest absolute Gasteiger partial charge is 0.410 e. The molecule has 3 rings (SSSR count). The number of benzene rings is 1. The number of fused-ring (bicyclic) bond motifs is 3. The van der Waals surface area contributed by atoms with Gasteiger partial charge in [0.25, 0.3) is 0 Å². The van der Waals surface area contributed by atoms with Gasteiger partial charge >= 0.3 is 6.09 Å². The maximum Gasteiger partial charge on any atom is 0.410 e. The van der Waals surface area contributed by atoms with E-state index in [0.29, 0.717) is 18.9 Å². The molecule has 0 bridgehead atoms. The summed E-state index contributed by atoms with van der Waals surface area (Å²) in [5, 5.41) is 0. The Bertz CT molecular complexity index is 500. The van der Waals surface area contributed by atoms with E-state index in [1.807, 2.05) is 12.1 Å². The van der Waals surface area contributed by atoms with Gasteiger partial charge in [0, 0.05) is 6.54 Å². The second kappa shape index (κ2) is 4.08. The van der Waals surface area contributed by atoms with Crippen LogP contribution in [-0.4, -0.2) is 38.4 Å². The Morgan fingerprint density at radius 1 is 1.28 bits per heavy atom. The van der Waals surface area contributed by atoms with Crippen LogP contribution < -0.4 is 9.47 Å². The van der Waals surface area contributed by atoms with Crippen molar-refractivity contribution < 1.29 is 19.0 Å². The van der Waals surface area contributed by atoms with Crippen LogP contribution in [0.3, 0.4) is 0 Å². The highest BCUT2D eigenvalue weighted by atomic mass is 16.6. The van der Waals surface area contributed by atoms with Crippen LogP contribution >= 0.6 is 0 Å². The molecule has 1 fully saturated rings. The molecule has 0 radical (unpaired) electrons. The molecule has 0 unspecified atom stereocenters. The normalized spacial score (nSPS) is 21.1. The number of carbonyl (C=O) groups excluding carboxylic acids is 1. The lowest BCUT2D eigenvalue weighted by atomic mass is 9.93. The zero-order valence-corrected chi connectivity index (χ0v) is 10.4. The first-order valence-electron chi connectivity index (χ1n) is 5.92. The van der Waals surface area contributed by atoms with Gasteiger partial charge in [-0.25, -0.2) is 4.79 Å². The Morgan fingerprint density at radius 2 is 2.00 bits per heavy atom. The van der Waals surface area contributed by atoms with Crippen molar-refractivity contribution in [1.82, 2.24) is 4.90 Å². The van der Waals surface area contributed by atoms with Crippen LogP contribution in [0.15, 0.2) is 12.1 Å². The highest BCUT2D eigenvalue weighted by Gasteiger charge is 2.38. The Balaban J connectivity index is 2.06. The van der Waals surface area contributed by atoms with Gasteiger partial charge in [-0.1, -0.05) is 0 Å². The summed E-state index contributed by atoms with van der Waals surface area (Å²) >= 11 is 0. The van der Waals surface area contributed by atoms with Gasteiger partial charge < -0.3 is 14.2 Å². The van der Waals surface area contributed by atoms with Crippen molar-refractivity contribution >= 4 is 6.09 Å². The van der Waals surface area contributed by atoms with Crippen molar-refractivity contribution in [2.24, 2.45) is 0 Å².